The molecule has 0 radical (unpaired) electrons. The molecule has 6 atom stereocenters. The number of rotatable bonds is 12. The van der Waals surface area contributed by atoms with Gasteiger partial charge in [-0.05, 0) is 109 Å². The Morgan fingerprint density at radius 2 is 0.479 bits per heavy atom. The van der Waals surface area contributed by atoms with Gasteiger partial charge in [0, 0.05) is 0 Å². The Morgan fingerprint density at radius 1 is 0.312 bits per heavy atom. The molecular formula is C78H102N6O9Si3. The Hall–Kier alpha value is -7.87. The minimum absolute atomic E-state index is 0.193. The molecule has 3 amide bonds. The van der Waals surface area contributed by atoms with Crippen molar-refractivity contribution in [3.05, 3.63) is 216 Å². The quantitative estimate of drug-likeness (QED) is 0.0668. The van der Waals surface area contributed by atoms with Gasteiger partial charge in [0.25, 0.3) is 43.1 Å². The van der Waals surface area contributed by atoms with Gasteiger partial charge in [-0.2, -0.15) is 0 Å². The van der Waals surface area contributed by atoms with Crippen LogP contribution in [0.1, 0.15) is 125 Å². The highest BCUT2D eigenvalue weighted by atomic mass is 28.4. The fourth-order valence-corrected chi connectivity index (χ4v) is 27.3. The molecular weight excluding hydrogens is 1250 g/mol. The third-order valence-corrected chi connectivity index (χ3v) is 32.6. The van der Waals surface area contributed by atoms with E-state index < -0.39 is 59.9 Å². The van der Waals surface area contributed by atoms with Crippen LogP contribution in [0.5, 0.6) is 0 Å². The Bertz CT molecular complexity index is 3140. The first-order chi connectivity index (χ1) is 44.9. The van der Waals surface area contributed by atoms with E-state index in [0.29, 0.717) is 39.3 Å². The third kappa shape index (κ3) is 17.8. The van der Waals surface area contributed by atoms with E-state index in [-0.39, 0.29) is 51.7 Å². The predicted octanol–water partition coefficient (Wildman–Crippen LogP) is 13.4. The summed E-state index contributed by atoms with van der Waals surface area (Å²) in [6.45, 7) is 62.0. The molecule has 3 heterocycles. The zero-order valence-electron chi connectivity index (χ0n) is 59.9. The van der Waals surface area contributed by atoms with E-state index in [1.165, 1.54) is 0 Å². The lowest BCUT2D eigenvalue weighted by Gasteiger charge is -2.44. The van der Waals surface area contributed by atoms with E-state index in [2.05, 4.69) is 150 Å². The highest BCUT2D eigenvalue weighted by Gasteiger charge is 2.58. The molecule has 0 aliphatic carbocycles. The Morgan fingerprint density at radius 3 is 0.615 bits per heavy atom. The summed E-state index contributed by atoms with van der Waals surface area (Å²) >= 11 is 0. The summed E-state index contributed by atoms with van der Waals surface area (Å²) in [4.78, 5) is 54.6. The summed E-state index contributed by atoms with van der Waals surface area (Å²) < 4.78 is 38.1. The zero-order chi connectivity index (χ0) is 70.7. The topological polar surface area (TPSA) is 129 Å². The van der Waals surface area contributed by atoms with Crippen molar-refractivity contribution in [3.63, 3.8) is 0 Å². The second-order valence-electron chi connectivity index (χ2n) is 31.2. The van der Waals surface area contributed by atoms with E-state index in [4.69, 9.17) is 47.2 Å². The summed E-state index contributed by atoms with van der Waals surface area (Å²) in [5.41, 5.74) is -1.75. The van der Waals surface area contributed by atoms with Gasteiger partial charge in [-0.25, -0.2) is 34.1 Å². The fourth-order valence-electron chi connectivity index (χ4n) is 13.2. The lowest BCUT2D eigenvalue weighted by molar-refractivity contribution is 0.0264. The predicted molar refractivity (Wildman–Crippen MR) is 392 cm³/mol. The van der Waals surface area contributed by atoms with Crippen LogP contribution < -0.4 is 31.1 Å². The molecule has 18 heteroatoms. The number of carbonyl (C=O) groups is 3. The van der Waals surface area contributed by atoms with Gasteiger partial charge in [0.1, 0.15) is 54.7 Å². The van der Waals surface area contributed by atoms with Crippen molar-refractivity contribution in [1.29, 1.82) is 0 Å². The van der Waals surface area contributed by atoms with E-state index in [1.807, 2.05) is 172 Å². The maximum Gasteiger partial charge on any atom is 0.410 e. The highest BCUT2D eigenvalue weighted by molar-refractivity contribution is 7.00. The van der Waals surface area contributed by atoms with Crippen molar-refractivity contribution in [3.8, 4) is 0 Å². The van der Waals surface area contributed by atoms with Crippen molar-refractivity contribution in [1.82, 2.24) is 14.7 Å². The number of ether oxygens (including phenoxy) is 3. The number of amides is 3. The molecule has 15 nitrogen and oxygen atoms in total. The number of benzene rings is 6. The van der Waals surface area contributed by atoms with Crippen molar-refractivity contribution >= 4 is 74.4 Å². The van der Waals surface area contributed by atoms with E-state index in [0.717, 1.165) is 31.1 Å². The highest BCUT2D eigenvalue weighted by Crippen LogP contribution is 2.42. The third-order valence-electron chi connectivity index (χ3n) is 17.4. The van der Waals surface area contributed by atoms with Gasteiger partial charge in [-0.15, -0.1) is 0 Å². The molecule has 2 unspecified atom stereocenters. The number of carbonyl (C=O) groups excluding carboxylic acids is 3. The number of nitrogens with zero attached hydrogens (tertiary/aromatic N) is 6. The average molecular weight is 1350 g/mol. The summed E-state index contributed by atoms with van der Waals surface area (Å²) in [5, 5.41) is 6.41. The van der Waals surface area contributed by atoms with Crippen LogP contribution in [-0.4, -0.2) is 150 Å². The van der Waals surface area contributed by atoms with Gasteiger partial charge >= 0.3 is 18.3 Å². The van der Waals surface area contributed by atoms with Crippen molar-refractivity contribution in [2.75, 3.05) is 39.3 Å². The van der Waals surface area contributed by atoms with Crippen LogP contribution >= 0.6 is 0 Å². The largest absolute Gasteiger partial charge is 0.444 e. The Kier molecular flexibility index (Phi) is 24.1. The van der Waals surface area contributed by atoms with Crippen LogP contribution in [0.2, 0.25) is 15.1 Å². The van der Waals surface area contributed by atoms with Crippen LogP contribution in [-0.2, 0) is 27.5 Å². The first kappa shape index (κ1) is 75.5. The second kappa shape index (κ2) is 30.7. The molecule has 0 bridgehead atoms. The number of likely N-dealkylation sites (tertiary alicyclic amines) is 3. The Balaban J connectivity index is 0.000000203. The second-order valence-corrected chi connectivity index (χ2v) is 44.0. The van der Waals surface area contributed by atoms with Gasteiger partial charge in [-0.1, -0.05) is 244 Å². The monoisotopic (exact) mass is 1350 g/mol. The lowest BCUT2D eigenvalue weighted by atomic mass is 10.2. The molecule has 6 aromatic carbocycles. The van der Waals surface area contributed by atoms with Crippen LogP contribution in [0.25, 0.3) is 14.5 Å². The molecule has 3 saturated heterocycles. The normalized spacial score (nSPS) is 19.5. The molecule has 0 aromatic heterocycles. The molecule has 510 valence electrons. The SMILES string of the molecule is [C-]#[N+]C1CN(C(=O)OC(C)(C)C)CC1O[Si](c1ccccc1)(c1ccccc1)C(C)(C)C.[C-]#[N+][C@@H]1CN(C(=O)OC(C)(C)C)C[C@@H]1O[Si](c1ccccc1)(c1ccccc1)C(C)(C)C.[C-]#[N+][C@H]1CN(C(=O)OC(C)(C)C)C[C@H]1O[Si](c1ccccc1)(c1ccccc1)C(C)(C)C. The molecule has 3 aliphatic heterocycles. The van der Waals surface area contributed by atoms with Crippen molar-refractivity contribution in [2.24, 2.45) is 0 Å². The van der Waals surface area contributed by atoms with Crippen molar-refractivity contribution in [2.45, 2.75) is 193 Å². The molecule has 3 aliphatic rings. The molecule has 3 fully saturated rings. The van der Waals surface area contributed by atoms with Gasteiger partial charge in [0.05, 0.1) is 19.6 Å². The minimum atomic E-state index is -2.81. The molecule has 6 aromatic rings. The summed E-state index contributed by atoms with van der Waals surface area (Å²) in [7, 11) is -8.42. The molecule has 0 spiro atoms. The average Bonchev–Trinajstić information content (AvgIpc) is 1.01. The zero-order valence-corrected chi connectivity index (χ0v) is 62.9. The van der Waals surface area contributed by atoms with E-state index >= 15 is 0 Å². The maximum absolute atomic E-state index is 12.7. The van der Waals surface area contributed by atoms with Gasteiger partial charge in [-0.3, -0.25) is 14.7 Å². The van der Waals surface area contributed by atoms with Gasteiger partial charge in [0.15, 0.2) is 0 Å². The first-order valence-electron chi connectivity index (χ1n) is 33.3. The van der Waals surface area contributed by atoms with Crippen LogP contribution in [0, 0.1) is 19.7 Å². The van der Waals surface area contributed by atoms with E-state index in [1.54, 1.807) is 14.7 Å². The minimum Gasteiger partial charge on any atom is -0.444 e. The Labute approximate surface area is 576 Å². The van der Waals surface area contributed by atoms with Gasteiger partial charge < -0.3 is 42.0 Å². The molecule has 96 heavy (non-hydrogen) atoms. The number of hydrogen-bond acceptors (Lipinski definition) is 9. The summed E-state index contributed by atoms with van der Waals surface area (Å²) in [6, 6.07) is 61.0. The van der Waals surface area contributed by atoms with Crippen LogP contribution in [0.3, 0.4) is 0 Å². The lowest BCUT2D eigenvalue weighted by Crippen LogP contribution is -2.68. The van der Waals surface area contributed by atoms with E-state index in [9.17, 15) is 14.4 Å². The smallest absolute Gasteiger partial charge is 0.410 e. The van der Waals surface area contributed by atoms with Gasteiger partial charge in [0.2, 0.25) is 0 Å². The van der Waals surface area contributed by atoms with Crippen LogP contribution in [0.4, 0.5) is 14.4 Å². The first-order valence-corrected chi connectivity index (χ1v) is 39.1. The van der Waals surface area contributed by atoms with Crippen LogP contribution in [0.15, 0.2) is 182 Å². The molecule has 0 saturated carbocycles. The molecule has 0 N–H and O–H groups in total. The number of hydrogen-bond donors (Lipinski definition) is 0. The molecule has 9 rings (SSSR count). The standard InChI is InChI=1S/3C26H34N2O3Si/c3*1-25(2,3)30-24(29)28-18-22(27-7)23(19-28)31-32(26(4,5)6,20-14-10-8-11-15-20)21-16-12-9-13-17-21/h3*8-17,22-23H,18-19H2,1-6H3/t2*22-,23+;/m10./s1. The maximum atomic E-state index is 12.7. The van der Waals surface area contributed by atoms with Crippen molar-refractivity contribution < 1.29 is 41.9 Å². The summed E-state index contributed by atoms with van der Waals surface area (Å²) in [5.74, 6) is 0. The fraction of sp³-hybridized carbons (Fsp3) is 0.462. The summed E-state index contributed by atoms with van der Waals surface area (Å²) in [6.07, 6.45) is -2.32.